The minimum absolute atomic E-state index is 1.03. The first-order chi connectivity index (χ1) is 6.36. The van der Waals surface area contributed by atoms with Crippen LogP contribution in [0.2, 0.25) is 19.0 Å². The van der Waals surface area contributed by atoms with Gasteiger partial charge in [0, 0.05) is 0 Å². The fourth-order valence-corrected chi connectivity index (χ4v) is 2.41. The Balaban J connectivity index is 2.22. The van der Waals surface area contributed by atoms with Crippen LogP contribution in [-0.2, 0) is 0 Å². The van der Waals surface area contributed by atoms with Gasteiger partial charge in [0.15, 0.2) is 0 Å². The largest absolute Gasteiger partial charge is 0.311 e. The topological polar surface area (TPSA) is 3.24 Å². The molecule has 0 aromatic heterocycles. The molecule has 1 fully saturated rings. The molecule has 1 atom stereocenters. The molecule has 1 unspecified atom stereocenters. The van der Waals surface area contributed by atoms with Crippen LogP contribution in [0.15, 0.2) is 0 Å². The maximum Gasteiger partial charge on any atom is 0.137 e. The van der Waals surface area contributed by atoms with Crippen molar-refractivity contribution in [3.63, 3.8) is 0 Å². The summed E-state index contributed by atoms with van der Waals surface area (Å²) in [5.41, 5.74) is 0. The van der Waals surface area contributed by atoms with Crippen LogP contribution in [0, 0.1) is 0 Å². The Morgan fingerprint density at radius 2 is 2.38 bits per heavy atom. The van der Waals surface area contributed by atoms with E-state index in [0.29, 0.717) is 0 Å². The van der Waals surface area contributed by atoms with Gasteiger partial charge in [-0.1, -0.05) is 32.3 Å². The third-order valence-electron chi connectivity index (χ3n) is 3.29. The highest BCUT2D eigenvalue weighted by atomic mass is 15.1. The lowest BCUT2D eigenvalue weighted by Crippen LogP contribution is -2.32. The second-order valence-corrected chi connectivity index (χ2v) is 4.40. The number of nitrogens with zero attached hydrogens (tertiary/aromatic N) is 1. The SMILES string of the molecule is CBC1CBCN(CCC)CCC1. The summed E-state index contributed by atoms with van der Waals surface area (Å²) in [5, 5.41) is 0. The second-order valence-electron chi connectivity index (χ2n) is 4.40. The van der Waals surface area contributed by atoms with Crippen LogP contribution in [0.25, 0.3) is 0 Å². The van der Waals surface area contributed by atoms with Crippen LogP contribution in [0.5, 0.6) is 0 Å². The smallest absolute Gasteiger partial charge is 0.137 e. The fourth-order valence-electron chi connectivity index (χ4n) is 2.41. The molecule has 0 aromatic carbocycles. The minimum atomic E-state index is 1.03. The third kappa shape index (κ3) is 4.21. The first-order valence-corrected chi connectivity index (χ1v) is 6.09. The lowest BCUT2D eigenvalue weighted by molar-refractivity contribution is 0.304. The molecule has 74 valence electrons. The highest BCUT2D eigenvalue weighted by Crippen LogP contribution is 2.19. The molecule has 1 saturated heterocycles. The molecule has 1 nitrogen and oxygen atoms in total. The lowest BCUT2D eigenvalue weighted by Gasteiger charge is -2.26. The van der Waals surface area contributed by atoms with Gasteiger partial charge in [-0.2, -0.15) is 0 Å². The number of hydrogen-bond acceptors (Lipinski definition) is 1. The average Bonchev–Trinajstić information content (AvgIpc) is 2.09. The quantitative estimate of drug-likeness (QED) is 0.594. The summed E-state index contributed by atoms with van der Waals surface area (Å²) >= 11 is 0. The highest BCUT2D eigenvalue weighted by molar-refractivity contribution is 6.42. The van der Waals surface area contributed by atoms with Gasteiger partial charge in [-0.25, -0.2) is 0 Å². The van der Waals surface area contributed by atoms with E-state index >= 15 is 0 Å². The van der Waals surface area contributed by atoms with E-state index < -0.39 is 0 Å². The zero-order valence-electron chi connectivity index (χ0n) is 9.39. The highest BCUT2D eigenvalue weighted by Gasteiger charge is 2.14. The minimum Gasteiger partial charge on any atom is -0.311 e. The third-order valence-corrected chi connectivity index (χ3v) is 3.29. The van der Waals surface area contributed by atoms with Crippen LogP contribution in [-0.4, -0.2) is 39.0 Å². The lowest BCUT2D eigenvalue weighted by atomic mass is 9.54. The fraction of sp³-hybridized carbons (Fsp3) is 1.00. The van der Waals surface area contributed by atoms with E-state index in [1.165, 1.54) is 59.7 Å². The molecule has 1 rings (SSSR count). The van der Waals surface area contributed by atoms with Crippen molar-refractivity contribution >= 4 is 14.6 Å². The van der Waals surface area contributed by atoms with Crippen LogP contribution >= 0.6 is 0 Å². The van der Waals surface area contributed by atoms with E-state index in [2.05, 4.69) is 18.6 Å². The van der Waals surface area contributed by atoms with Gasteiger partial charge in [0.05, 0.1) is 0 Å². The number of rotatable bonds is 3. The van der Waals surface area contributed by atoms with Crippen molar-refractivity contribution in [3.05, 3.63) is 0 Å². The van der Waals surface area contributed by atoms with E-state index in [-0.39, 0.29) is 0 Å². The molecule has 0 aromatic rings. The molecule has 1 aliphatic heterocycles. The van der Waals surface area contributed by atoms with Gasteiger partial charge in [-0.3, -0.25) is 0 Å². The Hall–Kier alpha value is 0.0899. The Morgan fingerprint density at radius 3 is 3.08 bits per heavy atom. The molecule has 0 bridgehead atoms. The summed E-state index contributed by atoms with van der Waals surface area (Å²) in [6.07, 6.45) is 7.04. The molecular weight excluding hydrogens is 156 g/mol. The average molecular weight is 179 g/mol. The molecule has 13 heavy (non-hydrogen) atoms. The molecule has 0 N–H and O–H groups in total. The maximum atomic E-state index is 2.64. The Kier molecular flexibility index (Phi) is 5.61. The molecule has 0 aliphatic carbocycles. The molecule has 3 heteroatoms. The van der Waals surface area contributed by atoms with Crippen molar-refractivity contribution in [2.45, 2.75) is 45.1 Å². The van der Waals surface area contributed by atoms with Crippen molar-refractivity contribution < 1.29 is 0 Å². The van der Waals surface area contributed by atoms with Gasteiger partial charge < -0.3 is 4.90 Å². The molecular formula is C10H23B2N. The molecule has 0 spiro atoms. The monoisotopic (exact) mass is 179 g/mol. The van der Waals surface area contributed by atoms with Crippen molar-refractivity contribution in [1.82, 2.24) is 4.90 Å². The van der Waals surface area contributed by atoms with Crippen molar-refractivity contribution in [3.8, 4) is 0 Å². The van der Waals surface area contributed by atoms with E-state index in [1.807, 2.05) is 0 Å². The summed E-state index contributed by atoms with van der Waals surface area (Å²) in [4.78, 5) is 2.64. The first-order valence-electron chi connectivity index (χ1n) is 6.09. The summed E-state index contributed by atoms with van der Waals surface area (Å²) in [7, 11) is 2.83. The van der Waals surface area contributed by atoms with Crippen molar-refractivity contribution in [2.24, 2.45) is 0 Å². The summed E-state index contributed by atoms with van der Waals surface area (Å²) in [6.45, 7) is 7.30. The zero-order chi connectivity index (χ0) is 9.52. The predicted octanol–water partition coefficient (Wildman–Crippen LogP) is 1.58. The Bertz CT molecular complexity index is 120. The Labute approximate surface area is 84.8 Å². The first kappa shape index (κ1) is 11.2. The van der Waals surface area contributed by atoms with Gasteiger partial charge >= 0.3 is 0 Å². The van der Waals surface area contributed by atoms with E-state index in [0.717, 1.165) is 5.82 Å². The maximum absolute atomic E-state index is 2.64. The number of hydrogen-bond donors (Lipinski definition) is 0. The molecule has 0 radical (unpaired) electrons. The normalized spacial score (nSPS) is 25.8. The molecule has 0 saturated carbocycles. The standard InChI is InChI=1S/C10H23B2N/c1-3-6-13-7-4-5-10(11-2)8-12-9-13/h10-12H,3-9H2,1-2H3. The zero-order valence-corrected chi connectivity index (χ0v) is 9.39. The summed E-state index contributed by atoms with van der Waals surface area (Å²) < 4.78 is 0. The summed E-state index contributed by atoms with van der Waals surface area (Å²) in [6, 6.07) is 0. The molecule has 1 aliphatic rings. The molecule has 0 amide bonds. The van der Waals surface area contributed by atoms with Gasteiger partial charge in [0.1, 0.15) is 14.6 Å². The van der Waals surface area contributed by atoms with Gasteiger partial charge in [-0.05, 0) is 32.4 Å². The van der Waals surface area contributed by atoms with Crippen LogP contribution in [0.3, 0.4) is 0 Å². The van der Waals surface area contributed by atoms with Crippen LogP contribution in [0.1, 0.15) is 26.2 Å². The second kappa shape index (κ2) is 6.53. The molecule has 1 heterocycles. The Morgan fingerprint density at radius 1 is 1.54 bits per heavy atom. The van der Waals surface area contributed by atoms with Gasteiger partial charge in [-0.15, -0.1) is 0 Å². The van der Waals surface area contributed by atoms with E-state index in [4.69, 9.17) is 0 Å². The van der Waals surface area contributed by atoms with Gasteiger partial charge in [0.25, 0.3) is 0 Å². The van der Waals surface area contributed by atoms with E-state index in [9.17, 15) is 0 Å². The van der Waals surface area contributed by atoms with Crippen LogP contribution < -0.4 is 0 Å². The van der Waals surface area contributed by atoms with Gasteiger partial charge in [0.2, 0.25) is 0 Å². The predicted molar refractivity (Wildman–Crippen MR) is 64.7 cm³/mol. The van der Waals surface area contributed by atoms with Crippen molar-refractivity contribution in [1.29, 1.82) is 0 Å². The summed E-state index contributed by atoms with van der Waals surface area (Å²) in [5.74, 6) is 1.03. The van der Waals surface area contributed by atoms with E-state index in [1.54, 1.807) is 0 Å². The van der Waals surface area contributed by atoms with Crippen LogP contribution in [0.4, 0.5) is 0 Å². The van der Waals surface area contributed by atoms with Crippen molar-refractivity contribution in [2.75, 3.05) is 19.5 Å².